The standard InChI is InChI=1S/C24H24N6S/c1-24(2,3)17-6-4-15(5-7-17)13-25-23-28-20-10-11-31-21(20)22(29-23)27-18-8-9-19-16(12-18)14-26-30-19/h4-12,14H,13H2,1-3H3,(H,26,30)(H2,25,27,28,29). The fraction of sp³-hybridized carbons (Fsp3) is 0.208. The Morgan fingerprint density at radius 3 is 2.65 bits per heavy atom. The molecule has 0 saturated carbocycles. The number of aromatic nitrogens is 4. The van der Waals surface area contributed by atoms with E-state index in [1.54, 1.807) is 11.3 Å². The lowest BCUT2D eigenvalue weighted by Gasteiger charge is -2.19. The van der Waals surface area contributed by atoms with Crippen molar-refractivity contribution in [3.8, 4) is 0 Å². The Hall–Kier alpha value is -3.45. The molecular weight excluding hydrogens is 404 g/mol. The molecule has 0 aliphatic heterocycles. The van der Waals surface area contributed by atoms with Crippen LogP contribution in [0, 0.1) is 0 Å². The third-order valence-corrected chi connectivity index (χ3v) is 6.19. The maximum absolute atomic E-state index is 4.76. The van der Waals surface area contributed by atoms with Crippen LogP contribution >= 0.6 is 11.3 Å². The van der Waals surface area contributed by atoms with E-state index in [1.165, 1.54) is 11.1 Å². The number of benzene rings is 2. The van der Waals surface area contributed by atoms with Crippen LogP contribution in [0.2, 0.25) is 0 Å². The van der Waals surface area contributed by atoms with E-state index in [0.717, 1.165) is 32.6 Å². The van der Waals surface area contributed by atoms with E-state index in [-0.39, 0.29) is 5.41 Å². The molecule has 0 aliphatic carbocycles. The highest BCUT2D eigenvalue weighted by atomic mass is 32.1. The predicted octanol–water partition coefficient (Wildman–Crippen LogP) is 6.22. The van der Waals surface area contributed by atoms with Crippen LogP contribution in [-0.2, 0) is 12.0 Å². The van der Waals surface area contributed by atoms with Gasteiger partial charge in [-0.1, -0.05) is 45.0 Å². The molecule has 0 spiro atoms. The Kier molecular flexibility index (Phi) is 4.82. The van der Waals surface area contributed by atoms with Gasteiger partial charge in [0.15, 0.2) is 5.82 Å². The van der Waals surface area contributed by atoms with E-state index in [4.69, 9.17) is 4.98 Å². The molecule has 31 heavy (non-hydrogen) atoms. The molecule has 3 N–H and O–H groups in total. The number of fused-ring (bicyclic) bond motifs is 2. The summed E-state index contributed by atoms with van der Waals surface area (Å²) >= 11 is 1.63. The zero-order valence-electron chi connectivity index (χ0n) is 17.7. The lowest BCUT2D eigenvalue weighted by atomic mass is 9.87. The second-order valence-electron chi connectivity index (χ2n) is 8.63. The van der Waals surface area contributed by atoms with E-state index >= 15 is 0 Å². The second-order valence-corrected chi connectivity index (χ2v) is 9.54. The number of anilines is 3. The Labute approximate surface area is 184 Å². The maximum Gasteiger partial charge on any atom is 0.225 e. The smallest absolute Gasteiger partial charge is 0.225 e. The lowest BCUT2D eigenvalue weighted by molar-refractivity contribution is 0.590. The molecule has 5 aromatic rings. The van der Waals surface area contributed by atoms with Gasteiger partial charge in [0, 0.05) is 17.6 Å². The minimum Gasteiger partial charge on any atom is -0.350 e. The van der Waals surface area contributed by atoms with E-state index in [1.807, 2.05) is 29.8 Å². The van der Waals surface area contributed by atoms with Crippen molar-refractivity contribution in [1.82, 2.24) is 20.2 Å². The number of nitrogens with one attached hydrogen (secondary N) is 3. The van der Waals surface area contributed by atoms with Gasteiger partial charge in [-0.05, 0) is 46.2 Å². The van der Waals surface area contributed by atoms with Crippen LogP contribution in [-0.4, -0.2) is 20.2 Å². The van der Waals surface area contributed by atoms with E-state index in [0.29, 0.717) is 12.5 Å². The van der Waals surface area contributed by atoms with Crippen molar-refractivity contribution in [2.75, 3.05) is 10.6 Å². The normalized spacial score (nSPS) is 11.8. The fourth-order valence-electron chi connectivity index (χ4n) is 3.49. The largest absolute Gasteiger partial charge is 0.350 e. The predicted molar refractivity (Wildman–Crippen MR) is 129 cm³/mol. The molecule has 0 aliphatic rings. The van der Waals surface area contributed by atoms with Crippen molar-refractivity contribution < 1.29 is 0 Å². The zero-order valence-corrected chi connectivity index (χ0v) is 18.5. The minimum atomic E-state index is 0.152. The average molecular weight is 429 g/mol. The third-order valence-electron chi connectivity index (χ3n) is 5.28. The summed E-state index contributed by atoms with van der Waals surface area (Å²) in [6, 6.07) is 16.8. The first-order chi connectivity index (χ1) is 15.0. The van der Waals surface area contributed by atoms with Crippen molar-refractivity contribution in [1.29, 1.82) is 0 Å². The molecule has 0 radical (unpaired) electrons. The number of rotatable bonds is 5. The summed E-state index contributed by atoms with van der Waals surface area (Å²) in [5, 5.41) is 17.0. The van der Waals surface area contributed by atoms with Gasteiger partial charge in [-0.2, -0.15) is 10.1 Å². The van der Waals surface area contributed by atoms with Crippen molar-refractivity contribution >= 4 is 49.9 Å². The van der Waals surface area contributed by atoms with Crippen LogP contribution in [0.25, 0.3) is 21.1 Å². The van der Waals surface area contributed by atoms with Gasteiger partial charge in [0.1, 0.15) is 0 Å². The van der Waals surface area contributed by atoms with Crippen LogP contribution in [0.1, 0.15) is 31.9 Å². The van der Waals surface area contributed by atoms with Gasteiger partial charge < -0.3 is 10.6 Å². The Morgan fingerprint density at radius 2 is 1.84 bits per heavy atom. The average Bonchev–Trinajstić information content (AvgIpc) is 3.41. The Bertz CT molecular complexity index is 1340. The van der Waals surface area contributed by atoms with Crippen molar-refractivity contribution in [3.05, 3.63) is 71.2 Å². The first-order valence-corrected chi connectivity index (χ1v) is 11.1. The molecule has 0 atom stereocenters. The first-order valence-electron chi connectivity index (χ1n) is 10.2. The Balaban J connectivity index is 1.38. The van der Waals surface area contributed by atoms with Crippen molar-refractivity contribution in [2.45, 2.75) is 32.7 Å². The first kappa shape index (κ1) is 19.5. The molecule has 0 amide bonds. The van der Waals surface area contributed by atoms with Gasteiger partial charge in [0.25, 0.3) is 0 Å². The monoisotopic (exact) mass is 428 g/mol. The molecule has 2 aromatic carbocycles. The molecule has 6 nitrogen and oxygen atoms in total. The molecule has 3 heterocycles. The highest BCUT2D eigenvalue weighted by Crippen LogP contribution is 2.30. The molecular formula is C24H24N6S. The maximum atomic E-state index is 4.76. The number of hydrogen-bond acceptors (Lipinski definition) is 6. The van der Waals surface area contributed by atoms with E-state index in [9.17, 15) is 0 Å². The molecule has 0 saturated heterocycles. The highest BCUT2D eigenvalue weighted by Gasteiger charge is 2.13. The van der Waals surface area contributed by atoms with E-state index < -0.39 is 0 Å². The number of nitrogens with zero attached hydrogens (tertiary/aromatic N) is 3. The quantitative estimate of drug-likeness (QED) is 0.310. The Morgan fingerprint density at radius 1 is 1.00 bits per heavy atom. The molecule has 3 aromatic heterocycles. The lowest BCUT2D eigenvalue weighted by Crippen LogP contribution is -2.11. The van der Waals surface area contributed by atoms with Gasteiger partial charge >= 0.3 is 0 Å². The molecule has 156 valence electrons. The molecule has 0 fully saturated rings. The number of H-pyrrole nitrogens is 1. The molecule has 0 bridgehead atoms. The summed E-state index contributed by atoms with van der Waals surface area (Å²) < 4.78 is 1.03. The zero-order chi connectivity index (χ0) is 21.4. The van der Waals surface area contributed by atoms with Gasteiger partial charge in [-0.3, -0.25) is 5.10 Å². The SMILES string of the molecule is CC(C)(C)c1ccc(CNc2nc(Nc3ccc4[nH]ncc4c3)c3sccc3n2)cc1. The summed E-state index contributed by atoms with van der Waals surface area (Å²) in [5.41, 5.74) is 5.58. The van der Waals surface area contributed by atoms with E-state index in [2.05, 4.69) is 76.9 Å². The molecule has 0 unspecified atom stereocenters. The van der Waals surface area contributed by atoms with Crippen LogP contribution < -0.4 is 10.6 Å². The minimum absolute atomic E-state index is 0.152. The van der Waals surface area contributed by atoms with Gasteiger partial charge in [-0.15, -0.1) is 11.3 Å². The van der Waals surface area contributed by atoms with Crippen LogP contribution in [0.3, 0.4) is 0 Å². The second kappa shape index (κ2) is 7.67. The van der Waals surface area contributed by atoms with Gasteiger partial charge in [-0.25, -0.2) is 4.98 Å². The summed E-state index contributed by atoms with van der Waals surface area (Å²) in [7, 11) is 0. The van der Waals surface area contributed by atoms with Crippen LogP contribution in [0.4, 0.5) is 17.5 Å². The summed E-state index contributed by atoms with van der Waals surface area (Å²) in [6.45, 7) is 7.34. The van der Waals surface area contributed by atoms with Crippen LogP contribution in [0.5, 0.6) is 0 Å². The van der Waals surface area contributed by atoms with Crippen LogP contribution in [0.15, 0.2) is 60.1 Å². The molecule has 5 rings (SSSR count). The number of aromatic amines is 1. The summed E-state index contributed by atoms with van der Waals surface area (Å²) in [6.07, 6.45) is 1.82. The molecule has 7 heteroatoms. The summed E-state index contributed by atoms with van der Waals surface area (Å²) in [5.74, 6) is 1.41. The highest BCUT2D eigenvalue weighted by molar-refractivity contribution is 7.17. The number of thiophene rings is 1. The summed E-state index contributed by atoms with van der Waals surface area (Å²) in [4.78, 5) is 9.45. The fourth-order valence-corrected chi connectivity index (χ4v) is 4.26. The van der Waals surface area contributed by atoms with Crippen molar-refractivity contribution in [2.24, 2.45) is 0 Å². The van der Waals surface area contributed by atoms with Gasteiger partial charge in [0.2, 0.25) is 5.95 Å². The topological polar surface area (TPSA) is 78.5 Å². The number of hydrogen-bond donors (Lipinski definition) is 3. The van der Waals surface area contributed by atoms with Gasteiger partial charge in [0.05, 0.1) is 21.9 Å². The van der Waals surface area contributed by atoms with Crippen molar-refractivity contribution in [3.63, 3.8) is 0 Å². The third kappa shape index (κ3) is 4.09.